The third-order valence-electron chi connectivity index (χ3n) is 5.99. The lowest BCUT2D eigenvalue weighted by Crippen LogP contribution is -2.13. The van der Waals surface area contributed by atoms with Gasteiger partial charge in [-0.25, -0.2) is 4.98 Å². The molecule has 166 valence electrons. The number of anilines is 3. The minimum atomic E-state index is 0.755. The highest BCUT2D eigenvalue weighted by Crippen LogP contribution is 2.36. The quantitative estimate of drug-likeness (QED) is 0.295. The molecule has 6 heteroatoms. The van der Waals surface area contributed by atoms with Gasteiger partial charge >= 0.3 is 0 Å². The second-order valence-corrected chi connectivity index (χ2v) is 9.34. The van der Waals surface area contributed by atoms with Crippen molar-refractivity contribution in [1.29, 1.82) is 0 Å². The van der Waals surface area contributed by atoms with Gasteiger partial charge in [0.25, 0.3) is 0 Å². The Kier molecular flexibility index (Phi) is 5.57. The van der Waals surface area contributed by atoms with Crippen molar-refractivity contribution in [3.05, 3.63) is 96.7 Å². The lowest BCUT2D eigenvalue weighted by atomic mass is 10.0. The van der Waals surface area contributed by atoms with Gasteiger partial charge in [0, 0.05) is 50.1 Å². The molecule has 0 radical (unpaired) electrons. The van der Waals surface area contributed by atoms with Crippen molar-refractivity contribution in [2.75, 3.05) is 17.2 Å². The van der Waals surface area contributed by atoms with Gasteiger partial charge in [0.1, 0.15) is 11.5 Å². The number of hydrogen-bond donors (Lipinski definition) is 2. The third-order valence-corrected chi connectivity index (χ3v) is 7.10. The maximum atomic E-state index is 4.56. The van der Waals surface area contributed by atoms with E-state index in [1.807, 2.05) is 36.5 Å². The third kappa shape index (κ3) is 4.08. The van der Waals surface area contributed by atoms with E-state index < -0.39 is 0 Å². The van der Waals surface area contributed by atoms with Gasteiger partial charge < -0.3 is 10.6 Å². The van der Waals surface area contributed by atoms with Gasteiger partial charge in [-0.05, 0) is 43.2 Å². The molecule has 34 heavy (non-hydrogen) atoms. The summed E-state index contributed by atoms with van der Waals surface area (Å²) in [7, 11) is 0. The molecule has 0 aliphatic carbocycles. The Hall–Kier alpha value is -3.90. The van der Waals surface area contributed by atoms with E-state index in [9.17, 15) is 0 Å². The molecule has 0 saturated heterocycles. The number of aromatic nitrogens is 3. The van der Waals surface area contributed by atoms with E-state index in [4.69, 9.17) is 0 Å². The van der Waals surface area contributed by atoms with Gasteiger partial charge in [0.05, 0.1) is 0 Å². The van der Waals surface area contributed by atoms with Crippen molar-refractivity contribution >= 4 is 39.9 Å². The fourth-order valence-corrected chi connectivity index (χ4v) is 5.29. The molecule has 0 unspecified atom stereocenters. The number of fused-ring (bicyclic) bond motifs is 2. The first-order valence-electron chi connectivity index (χ1n) is 11.4. The maximum Gasteiger partial charge on any atom is 0.161 e. The predicted octanol–water partition coefficient (Wildman–Crippen LogP) is 6.94. The van der Waals surface area contributed by atoms with E-state index in [1.165, 1.54) is 15.4 Å². The van der Waals surface area contributed by atoms with Crippen LogP contribution in [0.3, 0.4) is 0 Å². The molecular weight excluding hydrogens is 438 g/mol. The molecule has 6 rings (SSSR count). The average molecular weight is 462 g/mol. The van der Waals surface area contributed by atoms with E-state index in [0.29, 0.717) is 0 Å². The molecule has 0 amide bonds. The van der Waals surface area contributed by atoms with Crippen LogP contribution in [0.2, 0.25) is 0 Å². The van der Waals surface area contributed by atoms with Gasteiger partial charge in [-0.3, -0.25) is 0 Å². The smallest absolute Gasteiger partial charge is 0.161 e. The number of pyridine rings is 1. The van der Waals surface area contributed by atoms with Crippen LogP contribution in [-0.4, -0.2) is 21.7 Å². The highest BCUT2D eigenvalue weighted by molar-refractivity contribution is 7.99. The van der Waals surface area contributed by atoms with Gasteiger partial charge in [-0.1, -0.05) is 66.4 Å². The summed E-state index contributed by atoms with van der Waals surface area (Å²) in [5.41, 5.74) is 4.26. The Bertz CT molecular complexity index is 1450. The number of rotatable bonds is 5. The predicted molar refractivity (Wildman–Crippen MR) is 140 cm³/mol. The highest BCUT2D eigenvalue weighted by Gasteiger charge is 2.15. The second-order valence-electron chi connectivity index (χ2n) is 8.23. The lowest BCUT2D eigenvalue weighted by Gasteiger charge is -2.19. The summed E-state index contributed by atoms with van der Waals surface area (Å²) >= 11 is 1.78. The Morgan fingerprint density at radius 1 is 0.794 bits per heavy atom. The summed E-state index contributed by atoms with van der Waals surface area (Å²) in [4.78, 5) is 6.95. The summed E-state index contributed by atoms with van der Waals surface area (Å²) in [5, 5.41) is 18.1. The van der Waals surface area contributed by atoms with Crippen LogP contribution >= 0.6 is 11.8 Å². The van der Waals surface area contributed by atoms with Crippen LogP contribution in [0.4, 0.5) is 17.3 Å². The second kappa shape index (κ2) is 9.15. The fraction of sp³-hybridized carbons (Fsp3) is 0.107. The topological polar surface area (TPSA) is 62.7 Å². The minimum Gasteiger partial charge on any atom is -0.370 e. The van der Waals surface area contributed by atoms with E-state index in [0.717, 1.165) is 58.7 Å². The van der Waals surface area contributed by atoms with Crippen LogP contribution in [0.1, 0.15) is 12.0 Å². The van der Waals surface area contributed by atoms with Crippen molar-refractivity contribution in [2.45, 2.75) is 22.6 Å². The molecule has 5 aromatic rings. The SMILES string of the molecule is c1ccc(-c2nnc(Nc3ccc(Sc4ccnc5c4CCCN5)cc3)c3ccccc23)cc1. The zero-order valence-corrected chi connectivity index (χ0v) is 19.3. The molecule has 2 aromatic heterocycles. The first-order chi connectivity index (χ1) is 16.8. The van der Waals surface area contributed by atoms with Crippen molar-refractivity contribution in [1.82, 2.24) is 15.2 Å². The summed E-state index contributed by atoms with van der Waals surface area (Å²) in [5.74, 6) is 1.78. The lowest BCUT2D eigenvalue weighted by molar-refractivity contribution is 0.801. The summed E-state index contributed by atoms with van der Waals surface area (Å²) < 4.78 is 0. The first kappa shape index (κ1) is 20.7. The van der Waals surface area contributed by atoms with Gasteiger partial charge in [-0.2, -0.15) is 0 Å². The number of benzene rings is 3. The van der Waals surface area contributed by atoms with Crippen LogP contribution in [0, 0.1) is 0 Å². The van der Waals surface area contributed by atoms with Gasteiger partial charge in [-0.15, -0.1) is 10.2 Å². The normalized spacial score (nSPS) is 12.7. The van der Waals surface area contributed by atoms with Crippen LogP contribution in [-0.2, 0) is 6.42 Å². The van der Waals surface area contributed by atoms with Crippen LogP contribution in [0.25, 0.3) is 22.0 Å². The van der Waals surface area contributed by atoms with E-state index in [1.54, 1.807) is 11.8 Å². The molecule has 0 saturated carbocycles. The maximum absolute atomic E-state index is 4.56. The van der Waals surface area contributed by atoms with Crippen LogP contribution in [0.5, 0.6) is 0 Å². The summed E-state index contributed by atoms with van der Waals surface area (Å²) in [6.07, 6.45) is 4.11. The van der Waals surface area contributed by atoms with Crippen molar-refractivity contribution in [3.8, 4) is 11.3 Å². The molecular formula is C28H23N5S. The van der Waals surface area contributed by atoms with E-state index >= 15 is 0 Å². The number of nitrogens with zero attached hydrogens (tertiary/aromatic N) is 3. The van der Waals surface area contributed by atoms with E-state index in [2.05, 4.69) is 80.4 Å². The Labute approximate surface area is 202 Å². The molecule has 1 aliphatic rings. The Morgan fingerprint density at radius 2 is 1.59 bits per heavy atom. The standard InChI is InChI=1S/C28H23N5S/c1-2-7-19(8-3-1)26-22-9-4-5-10-23(22)28(33-32-26)31-20-12-14-21(15-13-20)34-25-16-18-30-27-24(25)11-6-17-29-27/h1-5,7-10,12-16,18H,6,11,17H2,(H,29,30)(H,31,33). The molecule has 0 fully saturated rings. The molecule has 0 bridgehead atoms. The molecule has 1 aliphatic heterocycles. The van der Waals surface area contributed by atoms with Gasteiger partial charge in [0.15, 0.2) is 5.82 Å². The van der Waals surface area contributed by atoms with Crippen LogP contribution in [0.15, 0.2) is 101 Å². The minimum absolute atomic E-state index is 0.755. The highest BCUT2D eigenvalue weighted by atomic mass is 32.2. The monoisotopic (exact) mass is 461 g/mol. The van der Waals surface area contributed by atoms with E-state index in [-0.39, 0.29) is 0 Å². The first-order valence-corrected chi connectivity index (χ1v) is 12.2. The number of hydrogen-bond acceptors (Lipinski definition) is 6. The zero-order valence-electron chi connectivity index (χ0n) is 18.5. The average Bonchev–Trinajstić information content (AvgIpc) is 2.91. The van der Waals surface area contributed by atoms with Crippen molar-refractivity contribution in [3.63, 3.8) is 0 Å². The Balaban J connectivity index is 1.26. The summed E-state index contributed by atoms with van der Waals surface area (Å²) in [6, 6.07) is 29.0. The fourth-order valence-electron chi connectivity index (χ4n) is 4.31. The molecule has 0 spiro atoms. The van der Waals surface area contributed by atoms with Crippen molar-refractivity contribution in [2.24, 2.45) is 0 Å². The molecule has 0 atom stereocenters. The molecule has 5 nitrogen and oxygen atoms in total. The van der Waals surface area contributed by atoms with Crippen molar-refractivity contribution < 1.29 is 0 Å². The van der Waals surface area contributed by atoms with Crippen LogP contribution < -0.4 is 10.6 Å². The summed E-state index contributed by atoms with van der Waals surface area (Å²) in [6.45, 7) is 0.998. The largest absolute Gasteiger partial charge is 0.370 e. The zero-order chi connectivity index (χ0) is 22.7. The Morgan fingerprint density at radius 3 is 2.44 bits per heavy atom. The molecule has 3 heterocycles. The number of nitrogens with one attached hydrogen (secondary N) is 2. The van der Waals surface area contributed by atoms with Gasteiger partial charge in [0.2, 0.25) is 0 Å². The molecule has 3 aromatic carbocycles. The molecule has 2 N–H and O–H groups in total.